The van der Waals surface area contributed by atoms with Crippen LogP contribution in [0.2, 0.25) is 0 Å². The van der Waals surface area contributed by atoms with Gasteiger partial charge in [0.1, 0.15) is 6.10 Å². The molecule has 0 aliphatic carbocycles. The Balaban J connectivity index is 4.17. The standard InChI is InChI=1S/C9H12Cl3NO/c1-3-5-7(6-4-2)14-8(13)9(10,11)12/h1,7,13H,4-6H2,2H3. The highest BCUT2D eigenvalue weighted by Crippen LogP contribution is 2.28. The topological polar surface area (TPSA) is 33.1 Å². The van der Waals surface area contributed by atoms with Crippen LogP contribution in [-0.4, -0.2) is 15.8 Å². The lowest BCUT2D eigenvalue weighted by molar-refractivity contribution is 0.176. The van der Waals surface area contributed by atoms with Gasteiger partial charge in [-0.25, -0.2) is 0 Å². The predicted molar refractivity (Wildman–Crippen MR) is 61.2 cm³/mol. The van der Waals surface area contributed by atoms with E-state index in [4.69, 9.17) is 51.4 Å². The van der Waals surface area contributed by atoms with Crippen molar-refractivity contribution in [1.82, 2.24) is 0 Å². The third-order valence-corrected chi connectivity index (χ3v) is 2.01. The van der Waals surface area contributed by atoms with Gasteiger partial charge in [0.2, 0.25) is 5.90 Å². The number of hydrogen-bond acceptors (Lipinski definition) is 2. The van der Waals surface area contributed by atoms with Crippen LogP contribution in [0.1, 0.15) is 26.2 Å². The molecule has 0 aliphatic heterocycles. The van der Waals surface area contributed by atoms with Crippen LogP contribution in [0.4, 0.5) is 0 Å². The summed E-state index contributed by atoms with van der Waals surface area (Å²) in [4.78, 5) is 0. The second-order valence-corrected chi connectivity index (χ2v) is 5.04. The second kappa shape index (κ2) is 6.40. The van der Waals surface area contributed by atoms with Crippen molar-refractivity contribution in [3.05, 3.63) is 0 Å². The van der Waals surface area contributed by atoms with Crippen LogP contribution in [0.15, 0.2) is 0 Å². The van der Waals surface area contributed by atoms with E-state index >= 15 is 0 Å². The Morgan fingerprint density at radius 3 is 2.50 bits per heavy atom. The monoisotopic (exact) mass is 255 g/mol. The Hall–Kier alpha value is -0.100. The first-order valence-electron chi connectivity index (χ1n) is 4.17. The molecule has 0 fully saturated rings. The van der Waals surface area contributed by atoms with E-state index in [0.29, 0.717) is 6.42 Å². The minimum Gasteiger partial charge on any atom is -0.474 e. The number of ether oxygens (including phenoxy) is 1. The van der Waals surface area contributed by atoms with Crippen molar-refractivity contribution in [2.45, 2.75) is 36.1 Å². The molecule has 0 saturated heterocycles. The van der Waals surface area contributed by atoms with Gasteiger partial charge in [0, 0.05) is 6.42 Å². The fourth-order valence-electron chi connectivity index (χ4n) is 0.890. The number of rotatable bonds is 4. The van der Waals surface area contributed by atoms with E-state index < -0.39 is 3.79 Å². The third-order valence-electron chi connectivity index (χ3n) is 1.50. The first-order chi connectivity index (χ1) is 6.41. The zero-order valence-corrected chi connectivity index (χ0v) is 10.1. The highest BCUT2D eigenvalue weighted by Gasteiger charge is 2.30. The molecule has 80 valence electrons. The molecule has 0 amide bonds. The largest absolute Gasteiger partial charge is 0.474 e. The van der Waals surface area contributed by atoms with Gasteiger partial charge in [0.25, 0.3) is 3.79 Å². The van der Waals surface area contributed by atoms with Crippen LogP contribution < -0.4 is 0 Å². The summed E-state index contributed by atoms with van der Waals surface area (Å²) in [6, 6.07) is 0. The van der Waals surface area contributed by atoms with Gasteiger partial charge in [0.15, 0.2) is 0 Å². The smallest absolute Gasteiger partial charge is 0.265 e. The molecule has 0 radical (unpaired) electrons. The van der Waals surface area contributed by atoms with Gasteiger partial charge in [-0.05, 0) is 6.42 Å². The van der Waals surface area contributed by atoms with E-state index in [1.807, 2.05) is 6.92 Å². The van der Waals surface area contributed by atoms with Gasteiger partial charge >= 0.3 is 0 Å². The van der Waals surface area contributed by atoms with Crippen molar-refractivity contribution in [3.63, 3.8) is 0 Å². The molecule has 0 aromatic heterocycles. The summed E-state index contributed by atoms with van der Waals surface area (Å²) >= 11 is 16.4. The van der Waals surface area contributed by atoms with Crippen LogP contribution in [0.3, 0.4) is 0 Å². The van der Waals surface area contributed by atoms with Crippen molar-refractivity contribution < 1.29 is 4.74 Å². The predicted octanol–water partition coefficient (Wildman–Crippen LogP) is 3.54. The van der Waals surface area contributed by atoms with Gasteiger partial charge in [-0.15, -0.1) is 12.3 Å². The van der Waals surface area contributed by atoms with E-state index in [1.54, 1.807) is 0 Å². The summed E-state index contributed by atoms with van der Waals surface area (Å²) in [5.41, 5.74) is 0. The Morgan fingerprint density at radius 2 is 2.14 bits per heavy atom. The summed E-state index contributed by atoms with van der Waals surface area (Å²) in [6.07, 6.45) is 6.96. The average molecular weight is 257 g/mol. The van der Waals surface area contributed by atoms with E-state index in [0.717, 1.165) is 12.8 Å². The van der Waals surface area contributed by atoms with Crippen molar-refractivity contribution in [1.29, 1.82) is 5.41 Å². The fourth-order valence-corrected chi connectivity index (χ4v) is 1.02. The number of hydrogen-bond donors (Lipinski definition) is 1. The van der Waals surface area contributed by atoms with Crippen LogP contribution in [0.25, 0.3) is 0 Å². The minimum absolute atomic E-state index is 0.242. The molecule has 1 unspecified atom stereocenters. The summed E-state index contributed by atoms with van der Waals surface area (Å²) in [7, 11) is 0. The van der Waals surface area contributed by atoms with E-state index in [9.17, 15) is 0 Å². The lowest BCUT2D eigenvalue weighted by Crippen LogP contribution is -2.27. The molecule has 0 spiro atoms. The second-order valence-electron chi connectivity index (χ2n) is 2.76. The highest BCUT2D eigenvalue weighted by atomic mass is 35.6. The molecule has 0 rings (SSSR count). The third kappa shape index (κ3) is 5.59. The molecular formula is C9H12Cl3NO. The van der Waals surface area contributed by atoms with Gasteiger partial charge in [-0.2, -0.15) is 0 Å². The molecule has 1 atom stereocenters. The lowest BCUT2D eigenvalue weighted by atomic mass is 10.1. The van der Waals surface area contributed by atoms with Gasteiger partial charge in [-0.3, -0.25) is 5.41 Å². The van der Waals surface area contributed by atoms with Crippen LogP contribution in [-0.2, 0) is 4.74 Å². The number of alkyl halides is 3. The Bertz CT molecular complexity index is 229. The lowest BCUT2D eigenvalue weighted by Gasteiger charge is -2.20. The maximum Gasteiger partial charge on any atom is 0.265 e. The number of terminal acetylenes is 1. The van der Waals surface area contributed by atoms with Crippen LogP contribution in [0.5, 0.6) is 0 Å². The first-order valence-corrected chi connectivity index (χ1v) is 5.31. The molecular weight excluding hydrogens is 244 g/mol. The zero-order valence-electron chi connectivity index (χ0n) is 7.82. The SMILES string of the molecule is C#CCC(CCC)OC(=N)C(Cl)(Cl)Cl. The molecule has 2 nitrogen and oxygen atoms in total. The summed E-state index contributed by atoms with van der Waals surface area (Å²) in [5, 5.41) is 7.34. The van der Waals surface area contributed by atoms with Crippen molar-refractivity contribution in [2.75, 3.05) is 0 Å². The normalized spacial score (nSPS) is 13.1. The van der Waals surface area contributed by atoms with Crippen molar-refractivity contribution in [2.24, 2.45) is 0 Å². The molecule has 5 heteroatoms. The Morgan fingerprint density at radius 1 is 1.57 bits per heavy atom. The Kier molecular flexibility index (Phi) is 6.35. The van der Waals surface area contributed by atoms with Gasteiger partial charge in [0.05, 0.1) is 0 Å². The summed E-state index contributed by atoms with van der Waals surface area (Å²) < 4.78 is 3.34. The molecule has 0 aromatic carbocycles. The molecule has 1 N–H and O–H groups in total. The quantitative estimate of drug-likeness (QED) is 0.355. The minimum atomic E-state index is -1.80. The van der Waals surface area contributed by atoms with E-state index in [2.05, 4.69) is 5.92 Å². The molecule has 0 aromatic rings. The van der Waals surface area contributed by atoms with E-state index in [1.165, 1.54) is 0 Å². The maximum absolute atomic E-state index is 7.34. The maximum atomic E-state index is 7.34. The zero-order chi connectivity index (χ0) is 11.2. The van der Waals surface area contributed by atoms with Crippen LogP contribution >= 0.6 is 34.8 Å². The summed E-state index contributed by atoms with van der Waals surface area (Å²) in [6.45, 7) is 1.99. The number of halogens is 3. The first kappa shape index (κ1) is 13.9. The van der Waals surface area contributed by atoms with Crippen molar-refractivity contribution in [3.8, 4) is 12.3 Å². The number of nitrogens with one attached hydrogen (secondary N) is 1. The Labute approximate surface area is 99.4 Å². The van der Waals surface area contributed by atoms with Crippen LogP contribution in [0, 0.1) is 17.8 Å². The fraction of sp³-hybridized carbons (Fsp3) is 0.667. The summed E-state index contributed by atoms with van der Waals surface area (Å²) in [5.74, 6) is 2.08. The van der Waals surface area contributed by atoms with Gasteiger partial charge in [-0.1, -0.05) is 48.1 Å². The average Bonchev–Trinajstić information content (AvgIpc) is 2.03. The highest BCUT2D eigenvalue weighted by molar-refractivity contribution is 6.76. The molecule has 0 aliphatic rings. The van der Waals surface area contributed by atoms with Crippen molar-refractivity contribution >= 4 is 40.7 Å². The molecule has 0 bridgehead atoms. The molecule has 14 heavy (non-hydrogen) atoms. The molecule has 0 heterocycles. The van der Waals surface area contributed by atoms with E-state index in [-0.39, 0.29) is 12.0 Å². The van der Waals surface area contributed by atoms with Gasteiger partial charge < -0.3 is 4.74 Å². The molecule has 0 saturated carbocycles.